The molecule has 0 heterocycles. The van der Waals surface area contributed by atoms with Gasteiger partial charge in [-0.3, -0.25) is 4.79 Å². The molecular weight excluding hydrogens is 289 g/mol. The van der Waals surface area contributed by atoms with Crippen molar-refractivity contribution in [1.82, 2.24) is 0 Å². The van der Waals surface area contributed by atoms with E-state index in [9.17, 15) is 9.18 Å². The highest BCUT2D eigenvalue weighted by molar-refractivity contribution is 6.31. The Morgan fingerprint density at radius 2 is 1.76 bits per heavy atom. The molecule has 110 valence electrons. The van der Waals surface area contributed by atoms with Crippen LogP contribution in [0, 0.1) is 12.7 Å². The van der Waals surface area contributed by atoms with Gasteiger partial charge in [0.15, 0.2) is 0 Å². The molecule has 0 aliphatic rings. The van der Waals surface area contributed by atoms with Gasteiger partial charge in [-0.15, -0.1) is 0 Å². The van der Waals surface area contributed by atoms with Crippen LogP contribution >= 0.6 is 11.6 Å². The molecule has 0 atom stereocenters. The lowest BCUT2D eigenvalue weighted by molar-refractivity contribution is -0.120. The summed E-state index contributed by atoms with van der Waals surface area (Å²) in [5, 5.41) is 3.45. The summed E-state index contributed by atoms with van der Waals surface area (Å²) in [5.41, 5.74) is 1.59. The third-order valence-electron chi connectivity index (χ3n) is 3.58. The lowest BCUT2D eigenvalue weighted by Gasteiger charge is -2.24. The fraction of sp³-hybridized carbons (Fsp3) is 0.235. The average Bonchev–Trinajstić information content (AvgIpc) is 2.43. The second-order valence-electron chi connectivity index (χ2n) is 5.55. The number of aryl methyl sites for hydroxylation is 1. The number of hydrogen-bond acceptors (Lipinski definition) is 1. The first-order chi connectivity index (χ1) is 9.80. The summed E-state index contributed by atoms with van der Waals surface area (Å²) in [4.78, 5) is 12.5. The zero-order valence-electron chi connectivity index (χ0n) is 12.2. The molecule has 0 bridgehead atoms. The Bertz CT molecular complexity index is 665. The van der Waals surface area contributed by atoms with E-state index in [1.165, 1.54) is 12.1 Å². The molecule has 1 N–H and O–H groups in total. The second-order valence-corrected chi connectivity index (χ2v) is 5.98. The van der Waals surface area contributed by atoms with Crippen LogP contribution in [0.4, 0.5) is 10.1 Å². The Morgan fingerprint density at radius 1 is 1.14 bits per heavy atom. The monoisotopic (exact) mass is 305 g/mol. The summed E-state index contributed by atoms with van der Waals surface area (Å²) in [5.74, 6) is -0.486. The van der Waals surface area contributed by atoms with E-state index in [4.69, 9.17) is 11.6 Å². The van der Waals surface area contributed by atoms with E-state index in [1.807, 2.05) is 13.0 Å². The van der Waals surface area contributed by atoms with Crippen molar-refractivity contribution >= 4 is 23.2 Å². The van der Waals surface area contributed by atoms with E-state index in [1.54, 1.807) is 38.1 Å². The van der Waals surface area contributed by atoms with E-state index in [2.05, 4.69) is 5.32 Å². The molecule has 2 nitrogen and oxygen atoms in total. The fourth-order valence-corrected chi connectivity index (χ4v) is 2.18. The largest absolute Gasteiger partial charge is 0.325 e. The van der Waals surface area contributed by atoms with Crippen LogP contribution in [-0.2, 0) is 10.2 Å². The molecule has 0 saturated heterocycles. The summed E-state index contributed by atoms with van der Waals surface area (Å²) < 4.78 is 13.0. The van der Waals surface area contributed by atoms with Gasteiger partial charge in [-0.1, -0.05) is 29.8 Å². The predicted molar refractivity (Wildman–Crippen MR) is 84.2 cm³/mol. The first-order valence-electron chi connectivity index (χ1n) is 6.64. The maximum atomic E-state index is 13.0. The molecule has 2 aromatic carbocycles. The van der Waals surface area contributed by atoms with Crippen LogP contribution in [0.15, 0.2) is 42.5 Å². The number of nitrogens with one attached hydrogen (secondary N) is 1. The van der Waals surface area contributed by atoms with Crippen LogP contribution in [0.25, 0.3) is 0 Å². The molecule has 4 heteroatoms. The predicted octanol–water partition coefficient (Wildman–Crippen LogP) is 4.70. The van der Waals surface area contributed by atoms with Crippen LogP contribution < -0.4 is 5.32 Å². The van der Waals surface area contributed by atoms with E-state index >= 15 is 0 Å². The van der Waals surface area contributed by atoms with Crippen LogP contribution in [-0.4, -0.2) is 5.91 Å². The van der Waals surface area contributed by atoms with Crippen molar-refractivity contribution in [1.29, 1.82) is 0 Å². The fourth-order valence-electron chi connectivity index (χ4n) is 2.01. The molecule has 0 fully saturated rings. The van der Waals surface area contributed by atoms with Gasteiger partial charge >= 0.3 is 0 Å². The molecule has 2 aromatic rings. The van der Waals surface area contributed by atoms with Crippen molar-refractivity contribution in [2.75, 3.05) is 5.32 Å². The highest BCUT2D eigenvalue weighted by atomic mass is 35.5. The number of rotatable bonds is 3. The number of benzene rings is 2. The third-order valence-corrected chi connectivity index (χ3v) is 3.82. The highest BCUT2D eigenvalue weighted by Gasteiger charge is 2.30. The van der Waals surface area contributed by atoms with Crippen LogP contribution in [0.2, 0.25) is 5.02 Å². The lowest BCUT2D eigenvalue weighted by atomic mass is 9.83. The minimum atomic E-state index is -0.775. The Hall–Kier alpha value is -1.87. The van der Waals surface area contributed by atoms with Gasteiger partial charge in [0.1, 0.15) is 5.82 Å². The molecular formula is C17H17ClFNO. The topological polar surface area (TPSA) is 29.1 Å². The minimum absolute atomic E-state index is 0.167. The summed E-state index contributed by atoms with van der Waals surface area (Å²) in [6.07, 6.45) is 0. The maximum Gasteiger partial charge on any atom is 0.234 e. The molecule has 0 aliphatic heterocycles. The molecule has 1 amide bonds. The third kappa shape index (κ3) is 3.42. The first-order valence-corrected chi connectivity index (χ1v) is 7.02. The Labute approximate surface area is 128 Å². The Kier molecular flexibility index (Phi) is 4.33. The number of amides is 1. The van der Waals surface area contributed by atoms with Gasteiger partial charge in [0.25, 0.3) is 0 Å². The lowest BCUT2D eigenvalue weighted by Crippen LogP contribution is -2.34. The molecule has 0 saturated carbocycles. The summed E-state index contributed by atoms with van der Waals surface area (Å²) in [7, 11) is 0. The Balaban J connectivity index is 2.26. The van der Waals surface area contributed by atoms with Gasteiger partial charge in [-0.2, -0.15) is 0 Å². The van der Waals surface area contributed by atoms with Gasteiger partial charge in [-0.25, -0.2) is 4.39 Å². The van der Waals surface area contributed by atoms with Crippen molar-refractivity contribution in [3.8, 4) is 0 Å². The molecule has 2 rings (SSSR count). The van der Waals surface area contributed by atoms with Crippen LogP contribution in [0.1, 0.15) is 25.0 Å². The van der Waals surface area contributed by atoms with Gasteiger partial charge in [0.05, 0.1) is 5.41 Å². The van der Waals surface area contributed by atoms with Crippen molar-refractivity contribution in [3.63, 3.8) is 0 Å². The summed E-state index contributed by atoms with van der Waals surface area (Å²) >= 11 is 5.96. The molecule has 0 radical (unpaired) electrons. The second kappa shape index (κ2) is 5.86. The molecule has 21 heavy (non-hydrogen) atoms. The normalized spacial score (nSPS) is 11.3. The van der Waals surface area contributed by atoms with E-state index in [-0.39, 0.29) is 11.7 Å². The van der Waals surface area contributed by atoms with Crippen LogP contribution in [0.3, 0.4) is 0 Å². The van der Waals surface area contributed by atoms with Crippen molar-refractivity contribution < 1.29 is 9.18 Å². The van der Waals surface area contributed by atoms with E-state index in [0.29, 0.717) is 10.7 Å². The number of anilines is 1. The van der Waals surface area contributed by atoms with E-state index in [0.717, 1.165) is 11.1 Å². The van der Waals surface area contributed by atoms with E-state index < -0.39 is 5.41 Å². The van der Waals surface area contributed by atoms with Gasteiger partial charge in [-0.05, 0) is 56.2 Å². The molecule has 0 aromatic heterocycles. The Morgan fingerprint density at radius 3 is 2.38 bits per heavy atom. The number of hydrogen-bond donors (Lipinski definition) is 1. The van der Waals surface area contributed by atoms with Crippen molar-refractivity contribution in [2.24, 2.45) is 0 Å². The summed E-state index contributed by atoms with van der Waals surface area (Å²) in [6.45, 7) is 5.50. The van der Waals surface area contributed by atoms with Gasteiger partial charge in [0, 0.05) is 10.7 Å². The van der Waals surface area contributed by atoms with Gasteiger partial charge in [0.2, 0.25) is 5.91 Å². The number of halogens is 2. The standard InChI is InChI=1S/C17H17ClFNO/c1-11-4-7-13(18)10-15(11)20-16(21)17(2,3)12-5-8-14(19)9-6-12/h4-10H,1-3H3,(H,20,21). The smallest absolute Gasteiger partial charge is 0.234 e. The number of carbonyl (C=O) groups excluding carboxylic acids is 1. The SMILES string of the molecule is Cc1ccc(Cl)cc1NC(=O)C(C)(C)c1ccc(F)cc1. The molecule has 0 spiro atoms. The zero-order valence-corrected chi connectivity index (χ0v) is 13.0. The maximum absolute atomic E-state index is 13.0. The quantitative estimate of drug-likeness (QED) is 0.874. The van der Waals surface area contributed by atoms with Gasteiger partial charge < -0.3 is 5.32 Å². The van der Waals surface area contributed by atoms with Crippen molar-refractivity contribution in [3.05, 3.63) is 64.4 Å². The highest BCUT2D eigenvalue weighted by Crippen LogP contribution is 2.27. The van der Waals surface area contributed by atoms with Crippen molar-refractivity contribution in [2.45, 2.75) is 26.2 Å². The average molecular weight is 306 g/mol. The number of carbonyl (C=O) groups is 1. The summed E-state index contributed by atoms with van der Waals surface area (Å²) in [6, 6.07) is 11.3. The van der Waals surface area contributed by atoms with Crippen LogP contribution in [0.5, 0.6) is 0 Å². The molecule has 0 aliphatic carbocycles. The molecule has 0 unspecified atom stereocenters. The minimum Gasteiger partial charge on any atom is -0.325 e. The zero-order chi connectivity index (χ0) is 15.6. The first kappa shape index (κ1) is 15.5.